The summed E-state index contributed by atoms with van der Waals surface area (Å²) in [5, 5.41) is 14.8. The molecule has 0 heterocycles. The second-order valence-corrected chi connectivity index (χ2v) is 12.3. The Morgan fingerprint density at radius 1 is 0.722 bits per heavy atom. The van der Waals surface area contributed by atoms with Gasteiger partial charge in [0, 0.05) is 11.5 Å². The van der Waals surface area contributed by atoms with Crippen molar-refractivity contribution in [2.75, 3.05) is 0 Å². The van der Waals surface area contributed by atoms with Gasteiger partial charge >= 0.3 is 0 Å². The van der Waals surface area contributed by atoms with E-state index in [9.17, 15) is 10.1 Å². The lowest BCUT2D eigenvalue weighted by molar-refractivity contribution is -0.384. The van der Waals surface area contributed by atoms with Gasteiger partial charge in [-0.3, -0.25) is 10.1 Å². The first kappa shape index (κ1) is 19.7. The highest BCUT2D eigenvalue weighted by Gasteiger charge is 2.79. The van der Waals surface area contributed by atoms with Crippen LogP contribution in [0.25, 0.3) is 33.0 Å². The first-order chi connectivity index (χ1) is 17.6. The summed E-state index contributed by atoms with van der Waals surface area (Å²) in [5.41, 5.74) is 8.10. The molecule has 4 saturated carbocycles. The van der Waals surface area contributed by atoms with E-state index >= 15 is 0 Å². The lowest BCUT2D eigenvalue weighted by Gasteiger charge is -2.64. The minimum atomic E-state index is -0.226. The first-order valence-corrected chi connectivity index (χ1v) is 13.5. The molecule has 4 unspecified atom stereocenters. The van der Waals surface area contributed by atoms with Gasteiger partial charge in [-0.1, -0.05) is 66.7 Å². The molecular formula is C33H27NO2. The van der Waals surface area contributed by atoms with E-state index < -0.39 is 0 Å². The summed E-state index contributed by atoms with van der Waals surface area (Å²) in [5.74, 6) is 3.16. The predicted octanol–water partition coefficient (Wildman–Crippen LogP) is 8.14. The summed E-state index contributed by atoms with van der Waals surface area (Å²) in [4.78, 5) is 11.8. The average molecular weight is 470 g/mol. The van der Waals surface area contributed by atoms with Gasteiger partial charge in [0.2, 0.25) is 0 Å². The van der Waals surface area contributed by atoms with E-state index in [0.717, 1.165) is 23.0 Å². The van der Waals surface area contributed by atoms with Gasteiger partial charge in [-0.05, 0) is 106 Å². The molecule has 0 radical (unpaired) electrons. The highest BCUT2D eigenvalue weighted by atomic mass is 16.6. The summed E-state index contributed by atoms with van der Waals surface area (Å²) in [7, 11) is 0. The molecule has 0 aliphatic heterocycles. The van der Waals surface area contributed by atoms with Crippen molar-refractivity contribution in [2.24, 2.45) is 29.1 Å². The van der Waals surface area contributed by atoms with E-state index in [-0.39, 0.29) is 16.0 Å². The molecule has 36 heavy (non-hydrogen) atoms. The Morgan fingerprint density at radius 3 is 2.25 bits per heavy atom. The number of para-hydroxylation sites is 1. The number of nitro benzene ring substituents is 1. The third-order valence-electron chi connectivity index (χ3n) is 11.1. The Kier molecular flexibility index (Phi) is 3.43. The predicted molar refractivity (Wildman–Crippen MR) is 142 cm³/mol. The second-order valence-electron chi connectivity index (χ2n) is 12.3. The largest absolute Gasteiger partial charge is 0.277 e. The van der Waals surface area contributed by atoms with Crippen LogP contribution in [0.1, 0.15) is 43.2 Å². The van der Waals surface area contributed by atoms with Gasteiger partial charge in [0.15, 0.2) is 0 Å². The van der Waals surface area contributed by atoms with Crippen LogP contribution in [0.5, 0.6) is 0 Å². The van der Waals surface area contributed by atoms with Crippen molar-refractivity contribution in [3.05, 3.63) is 100 Å². The molecule has 0 N–H and O–H groups in total. The molecular weight excluding hydrogens is 442 g/mol. The van der Waals surface area contributed by atoms with Gasteiger partial charge in [-0.25, -0.2) is 0 Å². The van der Waals surface area contributed by atoms with Crippen LogP contribution in [0.4, 0.5) is 5.69 Å². The van der Waals surface area contributed by atoms with Gasteiger partial charge in [0.25, 0.3) is 5.69 Å². The van der Waals surface area contributed by atoms with Crippen molar-refractivity contribution in [1.29, 1.82) is 0 Å². The van der Waals surface area contributed by atoms with E-state index in [0.29, 0.717) is 17.3 Å². The van der Waals surface area contributed by atoms with Crippen LogP contribution in [-0.4, -0.2) is 4.92 Å². The van der Waals surface area contributed by atoms with E-state index in [2.05, 4.69) is 54.6 Å². The summed E-state index contributed by atoms with van der Waals surface area (Å²) < 4.78 is 0. The van der Waals surface area contributed by atoms with Crippen LogP contribution in [0.3, 0.4) is 0 Å². The topological polar surface area (TPSA) is 43.1 Å². The Hall–Kier alpha value is -3.46. The molecule has 176 valence electrons. The molecule has 3 nitrogen and oxygen atoms in total. The van der Waals surface area contributed by atoms with Crippen LogP contribution < -0.4 is 0 Å². The number of nitro groups is 1. The molecule has 5 aliphatic carbocycles. The number of nitrogens with zero attached hydrogens (tertiary/aromatic N) is 1. The molecule has 5 aliphatic rings. The number of rotatable bonds is 2. The van der Waals surface area contributed by atoms with E-state index in [1.165, 1.54) is 65.1 Å². The minimum absolute atomic E-state index is 0.0506. The quantitative estimate of drug-likeness (QED) is 0.220. The van der Waals surface area contributed by atoms with Crippen molar-refractivity contribution >= 4 is 16.5 Å². The highest BCUT2D eigenvalue weighted by Crippen LogP contribution is 2.85. The number of fused-ring (bicyclic) bond motifs is 11. The lowest BCUT2D eigenvalue weighted by Crippen LogP contribution is -2.62. The summed E-state index contributed by atoms with van der Waals surface area (Å²) >= 11 is 0. The maximum atomic E-state index is 12.1. The fourth-order valence-electron chi connectivity index (χ4n) is 10.6. The monoisotopic (exact) mass is 469 g/mol. The van der Waals surface area contributed by atoms with Crippen LogP contribution in [0.2, 0.25) is 0 Å². The van der Waals surface area contributed by atoms with Crippen LogP contribution in [0, 0.1) is 39.2 Å². The minimum Gasteiger partial charge on any atom is -0.258 e. The van der Waals surface area contributed by atoms with Crippen LogP contribution >= 0.6 is 0 Å². The van der Waals surface area contributed by atoms with Gasteiger partial charge in [0.1, 0.15) is 0 Å². The van der Waals surface area contributed by atoms with Crippen molar-refractivity contribution in [2.45, 2.75) is 37.5 Å². The third-order valence-corrected chi connectivity index (χ3v) is 11.1. The van der Waals surface area contributed by atoms with Crippen LogP contribution in [-0.2, 0) is 5.41 Å². The van der Waals surface area contributed by atoms with Gasteiger partial charge in [-0.2, -0.15) is 0 Å². The standard InChI is InChI=1S/C33H27NO2/c35-34(36)27-11-4-3-8-23(27)24-9-5-10-26-30(24)25-13-12-21-6-1-2-7-22(21)31(25)33(26)28-15-19-14-20-16-29(33)32(28,17-19)18-20/h1-13,19-20,28-29H,14-18H2. The normalized spacial score (nSPS) is 34.0. The molecule has 0 saturated heterocycles. The smallest absolute Gasteiger partial charge is 0.258 e. The zero-order chi connectivity index (χ0) is 23.8. The first-order valence-electron chi connectivity index (χ1n) is 13.5. The van der Waals surface area contributed by atoms with Crippen molar-refractivity contribution in [3.8, 4) is 22.3 Å². The van der Waals surface area contributed by atoms with E-state index in [1.54, 1.807) is 12.1 Å². The van der Waals surface area contributed by atoms with E-state index in [4.69, 9.17) is 0 Å². The van der Waals surface area contributed by atoms with Gasteiger partial charge in [0.05, 0.1) is 10.5 Å². The zero-order valence-corrected chi connectivity index (χ0v) is 20.1. The van der Waals surface area contributed by atoms with Crippen molar-refractivity contribution in [1.82, 2.24) is 0 Å². The number of hydrogen-bond donors (Lipinski definition) is 0. The summed E-state index contributed by atoms with van der Waals surface area (Å²) in [6.45, 7) is 0. The molecule has 0 amide bonds. The fourth-order valence-corrected chi connectivity index (χ4v) is 10.6. The fraction of sp³-hybridized carbons (Fsp3) is 0.333. The molecule has 9 rings (SSSR count). The maximum Gasteiger partial charge on any atom is 0.277 e. The van der Waals surface area contributed by atoms with Gasteiger partial charge in [-0.15, -0.1) is 0 Å². The summed E-state index contributed by atoms with van der Waals surface area (Å²) in [6.07, 6.45) is 7.01. The maximum absolute atomic E-state index is 12.1. The molecule has 2 spiro atoms. The third kappa shape index (κ3) is 2.00. The average Bonchev–Trinajstić information content (AvgIpc) is 3.44. The molecule has 4 aromatic carbocycles. The number of hydrogen-bond acceptors (Lipinski definition) is 2. The molecule has 3 bridgehead atoms. The molecule has 4 fully saturated rings. The van der Waals surface area contributed by atoms with Crippen molar-refractivity contribution < 1.29 is 4.92 Å². The van der Waals surface area contributed by atoms with E-state index in [1.807, 2.05) is 12.1 Å². The van der Waals surface area contributed by atoms with Crippen LogP contribution in [0.15, 0.2) is 78.9 Å². The molecule has 3 heteroatoms. The Morgan fingerprint density at radius 2 is 1.44 bits per heavy atom. The second kappa shape index (κ2) is 6.26. The lowest BCUT2D eigenvalue weighted by atomic mass is 9.38. The molecule has 0 aromatic heterocycles. The zero-order valence-electron chi connectivity index (χ0n) is 20.1. The Balaban J connectivity index is 1.41. The number of benzene rings is 4. The summed E-state index contributed by atoms with van der Waals surface area (Å²) in [6, 6.07) is 27.5. The Labute approximate surface area is 210 Å². The SMILES string of the molecule is O=[N+]([O-])c1ccccc1-c1cccc2c1-c1ccc3ccccc3c1C21C2CC3CC4CC1C2(C3)C4. The van der Waals surface area contributed by atoms with Crippen molar-refractivity contribution in [3.63, 3.8) is 0 Å². The molecule has 4 atom stereocenters. The molecule has 4 aromatic rings. The van der Waals surface area contributed by atoms with Gasteiger partial charge < -0.3 is 0 Å². The highest BCUT2D eigenvalue weighted by molar-refractivity contribution is 6.03. The Bertz CT molecular complexity index is 1630.